The molecule has 0 bridgehead atoms. The van der Waals surface area contributed by atoms with Crippen molar-refractivity contribution >= 4 is 0 Å². The van der Waals surface area contributed by atoms with E-state index in [0.29, 0.717) is 11.7 Å². The van der Waals surface area contributed by atoms with E-state index in [9.17, 15) is 0 Å². The van der Waals surface area contributed by atoms with Crippen LogP contribution in [-0.2, 0) is 6.42 Å². The first kappa shape index (κ1) is 11.8. The molecule has 0 amide bonds. The van der Waals surface area contributed by atoms with Crippen LogP contribution in [0.1, 0.15) is 31.7 Å². The minimum Gasteiger partial charge on any atom is -0.334 e. The van der Waals surface area contributed by atoms with Crippen LogP contribution in [0.25, 0.3) is 11.5 Å². The SMILES string of the molecule is CCC(C)Cc1ccc(-c2nc(C)no2)cc1. The van der Waals surface area contributed by atoms with Gasteiger partial charge < -0.3 is 4.52 Å². The lowest BCUT2D eigenvalue weighted by atomic mass is 9.98. The van der Waals surface area contributed by atoms with Crippen LogP contribution in [0, 0.1) is 12.8 Å². The predicted octanol–water partition coefficient (Wildman–Crippen LogP) is 3.63. The summed E-state index contributed by atoms with van der Waals surface area (Å²) in [5.41, 5.74) is 2.35. The van der Waals surface area contributed by atoms with Gasteiger partial charge in [-0.05, 0) is 37.0 Å². The van der Waals surface area contributed by atoms with E-state index in [2.05, 4.69) is 36.1 Å². The summed E-state index contributed by atoms with van der Waals surface area (Å²) in [6.07, 6.45) is 2.34. The lowest BCUT2D eigenvalue weighted by Gasteiger charge is -2.08. The molecule has 0 N–H and O–H groups in total. The Kier molecular flexibility index (Phi) is 3.57. The van der Waals surface area contributed by atoms with Crippen LogP contribution >= 0.6 is 0 Å². The fraction of sp³-hybridized carbons (Fsp3) is 0.429. The molecule has 3 heteroatoms. The molecule has 1 atom stereocenters. The van der Waals surface area contributed by atoms with Crippen LogP contribution in [0.5, 0.6) is 0 Å². The van der Waals surface area contributed by atoms with Crippen LogP contribution in [-0.4, -0.2) is 10.1 Å². The van der Waals surface area contributed by atoms with Gasteiger partial charge in [-0.3, -0.25) is 0 Å². The van der Waals surface area contributed by atoms with E-state index >= 15 is 0 Å². The molecule has 0 saturated heterocycles. The quantitative estimate of drug-likeness (QED) is 0.805. The molecule has 1 aromatic heterocycles. The molecule has 2 aromatic rings. The van der Waals surface area contributed by atoms with Gasteiger partial charge in [-0.15, -0.1) is 0 Å². The molecule has 0 saturated carbocycles. The van der Waals surface area contributed by atoms with E-state index in [1.165, 1.54) is 12.0 Å². The summed E-state index contributed by atoms with van der Waals surface area (Å²) in [4.78, 5) is 4.21. The topological polar surface area (TPSA) is 38.9 Å². The van der Waals surface area contributed by atoms with Crippen LogP contribution in [0.4, 0.5) is 0 Å². The molecule has 90 valence electrons. The van der Waals surface area contributed by atoms with E-state index in [1.54, 1.807) is 0 Å². The summed E-state index contributed by atoms with van der Waals surface area (Å²) >= 11 is 0. The second-order valence-electron chi connectivity index (χ2n) is 4.56. The molecular weight excluding hydrogens is 212 g/mol. The Morgan fingerprint density at radius 3 is 2.47 bits per heavy atom. The summed E-state index contributed by atoms with van der Waals surface area (Å²) in [5, 5.41) is 3.79. The third-order valence-corrected chi connectivity index (χ3v) is 3.01. The van der Waals surface area contributed by atoms with Gasteiger partial charge in [-0.2, -0.15) is 4.98 Å². The first-order chi connectivity index (χ1) is 8.19. The zero-order chi connectivity index (χ0) is 12.3. The number of benzene rings is 1. The van der Waals surface area contributed by atoms with E-state index in [4.69, 9.17) is 4.52 Å². The lowest BCUT2D eigenvalue weighted by molar-refractivity contribution is 0.425. The molecule has 1 unspecified atom stereocenters. The van der Waals surface area contributed by atoms with Crippen molar-refractivity contribution in [3.8, 4) is 11.5 Å². The van der Waals surface area contributed by atoms with Gasteiger partial charge in [-0.1, -0.05) is 37.6 Å². The minimum atomic E-state index is 0.595. The van der Waals surface area contributed by atoms with Crippen molar-refractivity contribution in [1.82, 2.24) is 10.1 Å². The fourth-order valence-electron chi connectivity index (χ4n) is 1.74. The molecule has 17 heavy (non-hydrogen) atoms. The molecule has 1 aromatic carbocycles. The third-order valence-electron chi connectivity index (χ3n) is 3.01. The molecule has 3 nitrogen and oxygen atoms in total. The Labute approximate surface area is 102 Å². The summed E-state index contributed by atoms with van der Waals surface area (Å²) in [6.45, 7) is 6.32. The van der Waals surface area contributed by atoms with E-state index in [0.717, 1.165) is 17.9 Å². The van der Waals surface area contributed by atoms with E-state index < -0.39 is 0 Å². The average molecular weight is 230 g/mol. The van der Waals surface area contributed by atoms with Gasteiger partial charge in [0.1, 0.15) is 0 Å². The van der Waals surface area contributed by atoms with Crippen molar-refractivity contribution in [2.24, 2.45) is 5.92 Å². The van der Waals surface area contributed by atoms with Gasteiger partial charge in [0.25, 0.3) is 5.89 Å². The zero-order valence-corrected chi connectivity index (χ0v) is 10.6. The highest BCUT2D eigenvalue weighted by atomic mass is 16.5. The Balaban J connectivity index is 2.13. The van der Waals surface area contributed by atoms with Gasteiger partial charge in [0.05, 0.1) is 0 Å². The van der Waals surface area contributed by atoms with Crippen molar-refractivity contribution < 1.29 is 4.52 Å². The van der Waals surface area contributed by atoms with Crippen molar-refractivity contribution in [2.45, 2.75) is 33.6 Å². The first-order valence-electron chi connectivity index (χ1n) is 6.08. The maximum Gasteiger partial charge on any atom is 0.257 e. The molecule has 0 radical (unpaired) electrons. The average Bonchev–Trinajstić information content (AvgIpc) is 2.77. The number of aromatic nitrogens is 2. The van der Waals surface area contributed by atoms with Crippen LogP contribution in [0.2, 0.25) is 0 Å². The lowest BCUT2D eigenvalue weighted by Crippen LogP contribution is -1.97. The standard InChI is InChI=1S/C14H18N2O/c1-4-10(2)9-12-5-7-13(8-6-12)14-15-11(3)16-17-14/h5-8,10H,4,9H2,1-3H3. The summed E-state index contributed by atoms with van der Waals surface area (Å²) < 4.78 is 5.13. The Morgan fingerprint density at radius 1 is 1.24 bits per heavy atom. The molecule has 0 aliphatic heterocycles. The van der Waals surface area contributed by atoms with Crippen LogP contribution in [0.15, 0.2) is 28.8 Å². The number of hydrogen-bond acceptors (Lipinski definition) is 3. The van der Waals surface area contributed by atoms with Gasteiger partial charge >= 0.3 is 0 Å². The maximum absolute atomic E-state index is 5.13. The third kappa shape index (κ3) is 2.93. The van der Waals surface area contributed by atoms with Crippen LogP contribution in [0.3, 0.4) is 0 Å². The Hall–Kier alpha value is -1.64. The summed E-state index contributed by atoms with van der Waals surface area (Å²) in [5.74, 6) is 1.99. The molecule has 0 aliphatic rings. The van der Waals surface area contributed by atoms with Gasteiger partial charge in [0, 0.05) is 5.56 Å². The van der Waals surface area contributed by atoms with Crippen molar-refractivity contribution in [3.05, 3.63) is 35.7 Å². The fourth-order valence-corrected chi connectivity index (χ4v) is 1.74. The normalized spacial score (nSPS) is 12.6. The van der Waals surface area contributed by atoms with Crippen molar-refractivity contribution in [2.75, 3.05) is 0 Å². The molecule has 2 rings (SSSR count). The molecule has 0 aliphatic carbocycles. The van der Waals surface area contributed by atoms with Crippen LogP contribution < -0.4 is 0 Å². The predicted molar refractivity (Wildman–Crippen MR) is 67.6 cm³/mol. The summed E-state index contributed by atoms with van der Waals surface area (Å²) in [7, 11) is 0. The largest absolute Gasteiger partial charge is 0.334 e. The Bertz CT molecular complexity index is 473. The van der Waals surface area contributed by atoms with Crippen molar-refractivity contribution in [1.29, 1.82) is 0 Å². The molecular formula is C14H18N2O. The van der Waals surface area contributed by atoms with Gasteiger partial charge in [0.15, 0.2) is 5.82 Å². The van der Waals surface area contributed by atoms with Gasteiger partial charge in [-0.25, -0.2) is 0 Å². The second kappa shape index (κ2) is 5.13. The highest BCUT2D eigenvalue weighted by Crippen LogP contribution is 2.19. The number of rotatable bonds is 4. The molecule has 0 spiro atoms. The maximum atomic E-state index is 5.13. The monoisotopic (exact) mass is 230 g/mol. The van der Waals surface area contributed by atoms with E-state index in [-0.39, 0.29) is 0 Å². The molecule has 0 fully saturated rings. The number of aryl methyl sites for hydroxylation is 1. The van der Waals surface area contributed by atoms with Gasteiger partial charge in [0.2, 0.25) is 0 Å². The first-order valence-corrected chi connectivity index (χ1v) is 6.08. The smallest absolute Gasteiger partial charge is 0.257 e. The highest BCUT2D eigenvalue weighted by molar-refractivity contribution is 5.53. The molecule has 1 heterocycles. The van der Waals surface area contributed by atoms with E-state index in [1.807, 2.05) is 19.1 Å². The minimum absolute atomic E-state index is 0.595. The second-order valence-corrected chi connectivity index (χ2v) is 4.56. The zero-order valence-electron chi connectivity index (χ0n) is 10.6. The Morgan fingerprint density at radius 2 is 1.94 bits per heavy atom. The highest BCUT2D eigenvalue weighted by Gasteiger charge is 2.06. The van der Waals surface area contributed by atoms with Crippen molar-refractivity contribution in [3.63, 3.8) is 0 Å². The number of hydrogen-bond donors (Lipinski definition) is 0. The summed E-state index contributed by atoms with van der Waals surface area (Å²) in [6, 6.07) is 8.37. The number of nitrogens with zero attached hydrogens (tertiary/aromatic N) is 2.